The highest BCUT2D eigenvalue weighted by molar-refractivity contribution is 5.24. The largest absolute Gasteiger partial charge is 0.489 e. The van der Waals surface area contributed by atoms with E-state index in [9.17, 15) is 0 Å². The van der Waals surface area contributed by atoms with Crippen molar-refractivity contribution in [3.8, 4) is 5.75 Å². The SMILES string of the molecule is CCCn1nc(C)c(CN2CC[C@H](Oc3ccncc3)C2)c1C. The van der Waals surface area contributed by atoms with Gasteiger partial charge in [0, 0.05) is 49.8 Å². The van der Waals surface area contributed by atoms with Gasteiger partial charge in [-0.25, -0.2) is 0 Å². The van der Waals surface area contributed by atoms with Crippen molar-refractivity contribution < 1.29 is 4.74 Å². The molecule has 5 heteroatoms. The molecule has 23 heavy (non-hydrogen) atoms. The van der Waals surface area contributed by atoms with Crippen molar-refractivity contribution in [2.45, 2.75) is 52.8 Å². The number of likely N-dealkylation sites (tertiary alicyclic amines) is 1. The van der Waals surface area contributed by atoms with Gasteiger partial charge in [0.25, 0.3) is 0 Å². The molecule has 124 valence electrons. The lowest BCUT2D eigenvalue weighted by molar-refractivity contribution is 0.198. The van der Waals surface area contributed by atoms with E-state index in [1.54, 1.807) is 12.4 Å². The number of hydrogen-bond acceptors (Lipinski definition) is 4. The minimum atomic E-state index is 0.267. The molecular formula is C18H26N4O. The Morgan fingerprint density at radius 3 is 2.78 bits per heavy atom. The van der Waals surface area contributed by atoms with E-state index in [-0.39, 0.29) is 6.10 Å². The Hall–Kier alpha value is -1.88. The van der Waals surface area contributed by atoms with E-state index in [2.05, 4.69) is 40.4 Å². The van der Waals surface area contributed by atoms with Crippen LogP contribution in [-0.2, 0) is 13.1 Å². The second-order valence-corrected chi connectivity index (χ2v) is 6.32. The predicted octanol–water partition coefficient (Wildman–Crippen LogP) is 2.96. The fourth-order valence-corrected chi connectivity index (χ4v) is 3.26. The number of pyridine rings is 1. The van der Waals surface area contributed by atoms with Crippen molar-refractivity contribution >= 4 is 0 Å². The highest BCUT2D eigenvalue weighted by Crippen LogP contribution is 2.22. The third kappa shape index (κ3) is 3.72. The molecule has 0 aromatic carbocycles. The number of hydrogen-bond donors (Lipinski definition) is 0. The fraction of sp³-hybridized carbons (Fsp3) is 0.556. The molecule has 1 fully saturated rings. The lowest BCUT2D eigenvalue weighted by Gasteiger charge is -2.17. The van der Waals surface area contributed by atoms with Gasteiger partial charge >= 0.3 is 0 Å². The minimum absolute atomic E-state index is 0.267. The first kappa shape index (κ1) is 16.0. The van der Waals surface area contributed by atoms with Gasteiger partial charge in [-0.05, 0) is 38.8 Å². The van der Waals surface area contributed by atoms with Crippen molar-refractivity contribution in [1.82, 2.24) is 19.7 Å². The molecule has 0 spiro atoms. The standard InChI is InChI=1S/C18H26N4O/c1-4-10-22-15(3)18(14(2)20-22)13-21-11-7-17(12-21)23-16-5-8-19-9-6-16/h5-6,8-9,17H,4,7,10-13H2,1-3H3/t17-/m0/s1. The predicted molar refractivity (Wildman–Crippen MR) is 90.5 cm³/mol. The molecule has 3 heterocycles. The third-order valence-corrected chi connectivity index (χ3v) is 4.53. The van der Waals surface area contributed by atoms with Crippen LogP contribution in [0.4, 0.5) is 0 Å². The molecule has 1 saturated heterocycles. The van der Waals surface area contributed by atoms with Gasteiger partial charge < -0.3 is 4.74 Å². The molecule has 1 aliphatic heterocycles. The lowest BCUT2D eigenvalue weighted by Crippen LogP contribution is -2.25. The Morgan fingerprint density at radius 1 is 1.26 bits per heavy atom. The number of aromatic nitrogens is 3. The molecule has 2 aromatic heterocycles. The zero-order valence-corrected chi connectivity index (χ0v) is 14.3. The number of aryl methyl sites for hydroxylation is 2. The zero-order valence-electron chi connectivity index (χ0n) is 14.3. The van der Waals surface area contributed by atoms with Crippen LogP contribution >= 0.6 is 0 Å². The molecule has 0 saturated carbocycles. The highest BCUT2D eigenvalue weighted by Gasteiger charge is 2.25. The second kappa shape index (κ2) is 7.13. The normalized spacial score (nSPS) is 18.5. The quantitative estimate of drug-likeness (QED) is 0.822. The van der Waals surface area contributed by atoms with E-state index >= 15 is 0 Å². The van der Waals surface area contributed by atoms with Gasteiger partial charge in [0.15, 0.2) is 0 Å². The summed E-state index contributed by atoms with van der Waals surface area (Å²) in [6, 6.07) is 3.84. The van der Waals surface area contributed by atoms with Gasteiger partial charge in [-0.1, -0.05) is 6.92 Å². The summed E-state index contributed by atoms with van der Waals surface area (Å²) < 4.78 is 8.19. The van der Waals surface area contributed by atoms with E-state index < -0.39 is 0 Å². The van der Waals surface area contributed by atoms with Crippen molar-refractivity contribution in [2.75, 3.05) is 13.1 Å². The van der Waals surface area contributed by atoms with Gasteiger partial charge in [0.2, 0.25) is 0 Å². The Morgan fingerprint density at radius 2 is 2.04 bits per heavy atom. The van der Waals surface area contributed by atoms with Crippen molar-refractivity contribution in [3.05, 3.63) is 41.5 Å². The summed E-state index contributed by atoms with van der Waals surface area (Å²) in [6.07, 6.45) is 6.01. The minimum Gasteiger partial charge on any atom is -0.489 e. The first-order valence-corrected chi connectivity index (χ1v) is 8.49. The number of nitrogens with zero attached hydrogens (tertiary/aromatic N) is 4. The molecule has 0 N–H and O–H groups in total. The van der Waals surface area contributed by atoms with E-state index in [0.717, 1.165) is 50.5 Å². The van der Waals surface area contributed by atoms with Crippen LogP contribution in [0.25, 0.3) is 0 Å². The van der Waals surface area contributed by atoms with Crippen LogP contribution in [0.3, 0.4) is 0 Å². The summed E-state index contributed by atoms with van der Waals surface area (Å²) in [5.74, 6) is 0.912. The van der Waals surface area contributed by atoms with Crippen LogP contribution in [0.1, 0.15) is 36.7 Å². The summed E-state index contributed by atoms with van der Waals surface area (Å²) in [5, 5.41) is 4.68. The molecule has 5 nitrogen and oxygen atoms in total. The van der Waals surface area contributed by atoms with Gasteiger partial charge in [-0.3, -0.25) is 14.6 Å². The molecule has 0 unspecified atom stereocenters. The molecule has 1 atom stereocenters. The smallest absolute Gasteiger partial charge is 0.122 e. The molecule has 1 aliphatic rings. The van der Waals surface area contributed by atoms with Crippen LogP contribution in [0.5, 0.6) is 5.75 Å². The molecule has 0 radical (unpaired) electrons. The lowest BCUT2D eigenvalue weighted by atomic mass is 10.2. The first-order valence-electron chi connectivity index (χ1n) is 8.49. The summed E-state index contributed by atoms with van der Waals surface area (Å²) in [4.78, 5) is 6.50. The van der Waals surface area contributed by atoms with Gasteiger partial charge in [0.1, 0.15) is 11.9 Å². The Labute approximate surface area is 138 Å². The molecule has 3 rings (SSSR count). The average molecular weight is 314 g/mol. The Kier molecular flexibility index (Phi) is 4.96. The summed E-state index contributed by atoms with van der Waals surface area (Å²) in [6.45, 7) is 10.5. The van der Waals surface area contributed by atoms with E-state index in [0.29, 0.717) is 0 Å². The second-order valence-electron chi connectivity index (χ2n) is 6.32. The molecule has 2 aromatic rings. The highest BCUT2D eigenvalue weighted by atomic mass is 16.5. The van der Waals surface area contributed by atoms with Crippen LogP contribution in [0.2, 0.25) is 0 Å². The van der Waals surface area contributed by atoms with Crippen molar-refractivity contribution in [2.24, 2.45) is 0 Å². The Balaban J connectivity index is 1.60. The monoisotopic (exact) mass is 314 g/mol. The number of ether oxygens (including phenoxy) is 1. The van der Waals surface area contributed by atoms with E-state index in [4.69, 9.17) is 4.74 Å². The van der Waals surface area contributed by atoms with E-state index in [1.807, 2.05) is 12.1 Å². The van der Waals surface area contributed by atoms with Crippen molar-refractivity contribution in [3.63, 3.8) is 0 Å². The molecule has 0 bridgehead atoms. The third-order valence-electron chi connectivity index (χ3n) is 4.53. The van der Waals surface area contributed by atoms with Gasteiger partial charge in [-0.15, -0.1) is 0 Å². The maximum absolute atomic E-state index is 6.04. The van der Waals surface area contributed by atoms with Crippen molar-refractivity contribution in [1.29, 1.82) is 0 Å². The zero-order chi connectivity index (χ0) is 16.2. The maximum atomic E-state index is 6.04. The van der Waals surface area contributed by atoms with Crippen LogP contribution in [0, 0.1) is 13.8 Å². The van der Waals surface area contributed by atoms with Crippen LogP contribution in [-0.4, -0.2) is 38.9 Å². The summed E-state index contributed by atoms with van der Waals surface area (Å²) in [5.41, 5.74) is 3.85. The molecule has 0 amide bonds. The van der Waals surface area contributed by atoms with Gasteiger partial charge in [0.05, 0.1) is 5.69 Å². The molecular weight excluding hydrogens is 288 g/mol. The Bertz CT molecular complexity index is 638. The van der Waals surface area contributed by atoms with Gasteiger partial charge in [-0.2, -0.15) is 5.10 Å². The van der Waals surface area contributed by atoms with Crippen LogP contribution in [0.15, 0.2) is 24.5 Å². The summed E-state index contributed by atoms with van der Waals surface area (Å²) >= 11 is 0. The fourth-order valence-electron chi connectivity index (χ4n) is 3.26. The first-order chi connectivity index (χ1) is 11.2. The number of rotatable bonds is 6. The van der Waals surface area contributed by atoms with E-state index in [1.165, 1.54) is 11.3 Å². The topological polar surface area (TPSA) is 43.2 Å². The summed E-state index contributed by atoms with van der Waals surface area (Å²) in [7, 11) is 0. The van der Waals surface area contributed by atoms with Crippen LogP contribution < -0.4 is 4.74 Å². The average Bonchev–Trinajstić information content (AvgIpc) is 3.09. The maximum Gasteiger partial charge on any atom is 0.122 e. The molecule has 0 aliphatic carbocycles.